The van der Waals surface area contributed by atoms with Crippen molar-refractivity contribution in [1.82, 2.24) is 4.98 Å². The highest BCUT2D eigenvalue weighted by molar-refractivity contribution is 6.28. The molecule has 1 heterocycles. The molecule has 14 heavy (non-hydrogen) atoms. The van der Waals surface area contributed by atoms with E-state index in [-0.39, 0.29) is 10.9 Å². The maximum Gasteiger partial charge on any atom is 0.293 e. The lowest BCUT2D eigenvalue weighted by molar-refractivity contribution is 0.602. The van der Waals surface area contributed by atoms with E-state index in [4.69, 9.17) is 21.8 Å². The molecule has 1 aliphatic carbocycles. The predicted molar refractivity (Wildman–Crippen MR) is 54.1 cm³/mol. The van der Waals surface area contributed by atoms with Gasteiger partial charge in [0.05, 0.1) is 0 Å². The molecule has 72 valence electrons. The van der Waals surface area contributed by atoms with E-state index in [2.05, 4.69) is 4.98 Å². The van der Waals surface area contributed by atoms with Crippen molar-refractivity contribution in [2.24, 2.45) is 5.73 Å². The molecule has 0 saturated heterocycles. The second kappa shape index (κ2) is 2.49. The molecule has 3 nitrogen and oxygen atoms in total. The van der Waals surface area contributed by atoms with E-state index >= 15 is 0 Å². The van der Waals surface area contributed by atoms with Crippen molar-refractivity contribution in [3.05, 3.63) is 29.1 Å². The maximum atomic E-state index is 6.07. The largest absolute Gasteiger partial charge is 0.428 e. The van der Waals surface area contributed by atoms with Gasteiger partial charge in [0.1, 0.15) is 5.52 Å². The molecule has 2 aromatic rings. The Labute approximate surface area is 85.9 Å². The van der Waals surface area contributed by atoms with Gasteiger partial charge in [0.25, 0.3) is 5.35 Å². The number of nitrogens with two attached hydrogens (primary N) is 1. The van der Waals surface area contributed by atoms with E-state index in [0.717, 1.165) is 23.9 Å². The quantitative estimate of drug-likeness (QED) is 0.783. The maximum absolute atomic E-state index is 6.07. The highest BCUT2D eigenvalue weighted by Crippen LogP contribution is 2.43. The van der Waals surface area contributed by atoms with Crippen molar-refractivity contribution in [3.8, 4) is 0 Å². The summed E-state index contributed by atoms with van der Waals surface area (Å²) in [6.45, 7) is 0. The molecule has 3 rings (SSSR count). The number of fused-ring (bicyclic) bond motifs is 1. The van der Waals surface area contributed by atoms with Crippen LogP contribution in [0, 0.1) is 0 Å². The van der Waals surface area contributed by atoms with E-state index < -0.39 is 0 Å². The van der Waals surface area contributed by atoms with Crippen LogP contribution >= 0.6 is 11.6 Å². The Kier molecular flexibility index (Phi) is 1.47. The molecule has 1 aliphatic rings. The highest BCUT2D eigenvalue weighted by Gasteiger charge is 2.40. The molecular formula is C10H9ClN2O. The van der Waals surface area contributed by atoms with E-state index in [9.17, 15) is 0 Å². The highest BCUT2D eigenvalue weighted by atomic mass is 35.5. The van der Waals surface area contributed by atoms with Crippen molar-refractivity contribution in [1.29, 1.82) is 0 Å². The van der Waals surface area contributed by atoms with E-state index in [1.807, 2.05) is 18.2 Å². The van der Waals surface area contributed by atoms with Crippen LogP contribution in [0.3, 0.4) is 0 Å². The number of hydrogen-bond donors (Lipinski definition) is 1. The smallest absolute Gasteiger partial charge is 0.293 e. The number of halogens is 1. The summed E-state index contributed by atoms with van der Waals surface area (Å²) in [5.41, 5.74) is 8.54. The number of oxazole rings is 1. The van der Waals surface area contributed by atoms with E-state index in [0.29, 0.717) is 5.58 Å². The van der Waals surface area contributed by atoms with Gasteiger partial charge in [-0.2, -0.15) is 4.98 Å². The van der Waals surface area contributed by atoms with Gasteiger partial charge in [-0.3, -0.25) is 0 Å². The van der Waals surface area contributed by atoms with Crippen molar-refractivity contribution in [2.75, 3.05) is 0 Å². The summed E-state index contributed by atoms with van der Waals surface area (Å²) in [6.07, 6.45) is 2.08. The average Bonchev–Trinajstić information content (AvgIpc) is 2.79. The minimum absolute atomic E-state index is 0.131. The first kappa shape index (κ1) is 8.26. The van der Waals surface area contributed by atoms with Gasteiger partial charge in [-0.05, 0) is 42.1 Å². The van der Waals surface area contributed by atoms with Crippen LogP contribution in [0.1, 0.15) is 18.4 Å². The van der Waals surface area contributed by atoms with Gasteiger partial charge >= 0.3 is 0 Å². The van der Waals surface area contributed by atoms with Crippen molar-refractivity contribution in [2.45, 2.75) is 18.4 Å². The van der Waals surface area contributed by atoms with Crippen LogP contribution in [0.15, 0.2) is 22.6 Å². The lowest BCUT2D eigenvalue weighted by atomic mass is 10.1. The summed E-state index contributed by atoms with van der Waals surface area (Å²) in [6, 6.07) is 5.82. The molecule has 0 unspecified atom stereocenters. The molecular weight excluding hydrogens is 200 g/mol. The Morgan fingerprint density at radius 1 is 1.43 bits per heavy atom. The zero-order valence-corrected chi connectivity index (χ0v) is 8.21. The van der Waals surface area contributed by atoms with Crippen molar-refractivity contribution in [3.63, 3.8) is 0 Å². The first-order valence-electron chi connectivity index (χ1n) is 4.53. The zero-order chi connectivity index (χ0) is 9.76. The number of aromatic nitrogens is 1. The van der Waals surface area contributed by atoms with Gasteiger partial charge in [-0.15, -0.1) is 0 Å². The summed E-state index contributed by atoms with van der Waals surface area (Å²) in [5.74, 6) is 0. The van der Waals surface area contributed by atoms with Crippen LogP contribution in [0.2, 0.25) is 5.35 Å². The van der Waals surface area contributed by atoms with Gasteiger partial charge in [0, 0.05) is 5.54 Å². The lowest BCUT2D eigenvalue weighted by Gasteiger charge is -2.07. The number of hydrogen-bond acceptors (Lipinski definition) is 3. The fourth-order valence-corrected chi connectivity index (χ4v) is 1.80. The van der Waals surface area contributed by atoms with Crippen molar-refractivity contribution >= 4 is 22.7 Å². The second-order valence-electron chi connectivity index (χ2n) is 3.81. The van der Waals surface area contributed by atoms with Crippen LogP contribution in [0.25, 0.3) is 11.1 Å². The molecule has 0 atom stereocenters. The Hall–Kier alpha value is -1.06. The number of benzene rings is 1. The Bertz CT molecular complexity index is 502. The molecule has 1 aromatic heterocycles. The minimum Gasteiger partial charge on any atom is -0.428 e. The summed E-state index contributed by atoms with van der Waals surface area (Å²) in [4.78, 5) is 4.01. The Morgan fingerprint density at radius 3 is 2.93 bits per heavy atom. The standard InChI is InChI=1S/C10H9ClN2O/c11-9-13-7-2-1-6(5-8(7)14-9)10(12)3-4-10/h1-2,5H,3-4,12H2. The molecule has 0 aliphatic heterocycles. The topological polar surface area (TPSA) is 52.0 Å². The third-order valence-corrected chi connectivity index (χ3v) is 2.89. The Morgan fingerprint density at radius 2 is 2.21 bits per heavy atom. The molecule has 1 saturated carbocycles. The molecule has 4 heteroatoms. The van der Waals surface area contributed by atoms with E-state index in [1.54, 1.807) is 0 Å². The minimum atomic E-state index is -0.131. The molecule has 0 bridgehead atoms. The van der Waals surface area contributed by atoms with Gasteiger partial charge in [-0.1, -0.05) is 6.07 Å². The second-order valence-corrected chi connectivity index (χ2v) is 4.13. The average molecular weight is 209 g/mol. The van der Waals surface area contributed by atoms with Crippen LogP contribution < -0.4 is 5.73 Å². The van der Waals surface area contributed by atoms with E-state index in [1.165, 1.54) is 0 Å². The van der Waals surface area contributed by atoms with Gasteiger partial charge < -0.3 is 10.2 Å². The summed E-state index contributed by atoms with van der Waals surface area (Å²) in [7, 11) is 0. The normalized spacial score (nSPS) is 18.7. The molecule has 0 radical (unpaired) electrons. The Balaban J connectivity index is 2.19. The summed E-state index contributed by atoms with van der Waals surface area (Å²) < 4.78 is 5.23. The van der Waals surface area contributed by atoms with Gasteiger partial charge in [-0.25, -0.2) is 0 Å². The van der Waals surface area contributed by atoms with Gasteiger partial charge in [0.2, 0.25) is 0 Å². The predicted octanol–water partition coefficient (Wildman–Crippen LogP) is 2.43. The SMILES string of the molecule is NC1(c2ccc3nc(Cl)oc3c2)CC1. The number of nitrogens with zero attached hydrogens (tertiary/aromatic N) is 1. The zero-order valence-electron chi connectivity index (χ0n) is 7.46. The fourth-order valence-electron chi connectivity index (χ4n) is 1.63. The first-order valence-corrected chi connectivity index (χ1v) is 4.91. The molecule has 1 aromatic carbocycles. The van der Waals surface area contributed by atoms with Crippen LogP contribution in [-0.4, -0.2) is 4.98 Å². The van der Waals surface area contributed by atoms with Crippen LogP contribution in [0.5, 0.6) is 0 Å². The fraction of sp³-hybridized carbons (Fsp3) is 0.300. The molecule has 0 amide bonds. The van der Waals surface area contributed by atoms with Crippen LogP contribution in [0.4, 0.5) is 0 Å². The molecule has 2 N–H and O–H groups in total. The third kappa shape index (κ3) is 1.13. The molecule has 1 fully saturated rings. The monoisotopic (exact) mass is 208 g/mol. The summed E-state index contributed by atoms with van der Waals surface area (Å²) >= 11 is 5.66. The first-order chi connectivity index (χ1) is 6.67. The van der Waals surface area contributed by atoms with Gasteiger partial charge in [0.15, 0.2) is 5.58 Å². The van der Waals surface area contributed by atoms with Crippen LogP contribution in [-0.2, 0) is 5.54 Å². The lowest BCUT2D eigenvalue weighted by Crippen LogP contribution is -2.18. The summed E-state index contributed by atoms with van der Waals surface area (Å²) in [5, 5.41) is 0.180. The number of rotatable bonds is 1. The van der Waals surface area contributed by atoms with Crippen molar-refractivity contribution < 1.29 is 4.42 Å². The third-order valence-electron chi connectivity index (χ3n) is 2.73. The molecule has 0 spiro atoms.